The Hall–Kier alpha value is -11.8. The number of likely N-dealkylation sites (N-methyl/N-ethyl adjacent to an activating group) is 3. The second kappa shape index (κ2) is 51.2. The minimum atomic E-state index is -2.50. The minimum absolute atomic E-state index is 0.00757. The number of rotatable bonds is 52. The van der Waals surface area contributed by atoms with Crippen molar-refractivity contribution in [2.45, 2.75) is 153 Å². The normalized spacial score (nSPS) is 19.4. The summed E-state index contributed by atoms with van der Waals surface area (Å²) in [5.41, 5.74) is 6.46. The van der Waals surface area contributed by atoms with Crippen LogP contribution in [0, 0.1) is 5.92 Å². The highest BCUT2D eigenvalue weighted by atomic mass is 16.7. The number of aromatic hydroxyl groups is 2. The zero-order valence-electron chi connectivity index (χ0n) is 78.9. The van der Waals surface area contributed by atoms with Crippen molar-refractivity contribution in [1.29, 1.82) is 0 Å². The molecule has 6 aliphatic rings. The average molecular weight is 1930 g/mol. The number of ketones is 3. The van der Waals surface area contributed by atoms with Crippen molar-refractivity contribution in [3.05, 3.63) is 136 Å². The van der Waals surface area contributed by atoms with E-state index in [9.17, 15) is 68.1 Å². The molecule has 43 heteroatoms. The Kier molecular flexibility index (Phi) is 39.0. The Bertz CT molecular complexity index is 5200. The number of phenols is 2. The van der Waals surface area contributed by atoms with Gasteiger partial charge in [0, 0.05) is 139 Å². The molecule has 4 aliphatic heterocycles. The Morgan fingerprint density at radius 1 is 0.667 bits per heavy atom. The van der Waals surface area contributed by atoms with Crippen LogP contribution in [0.4, 0.5) is 25.8 Å². The number of para-hydroxylation sites is 1. The Labute approximate surface area is 798 Å². The van der Waals surface area contributed by atoms with Gasteiger partial charge in [0.05, 0.1) is 160 Å². The van der Waals surface area contributed by atoms with Crippen LogP contribution in [0.3, 0.4) is 0 Å². The molecule has 138 heavy (non-hydrogen) atoms. The Morgan fingerprint density at radius 2 is 1.30 bits per heavy atom. The summed E-state index contributed by atoms with van der Waals surface area (Å²) < 4.78 is 88.4. The largest absolute Gasteiger partial charge is 0.507 e. The molecule has 0 spiro atoms. The lowest BCUT2D eigenvalue weighted by Gasteiger charge is -2.43. The third-order valence-electron chi connectivity index (χ3n) is 24.4. The molecule has 9 amide bonds. The fraction of sp³-hybridized carbons (Fsp3) is 0.547. The maximum Gasteiger partial charge on any atom is 0.409 e. The fourth-order valence-corrected chi connectivity index (χ4v) is 17.1. The van der Waals surface area contributed by atoms with Crippen LogP contribution in [-0.4, -0.2) is 345 Å². The molecule has 3 fully saturated rings. The number of ether oxygens (including phenoxy) is 15. The molecule has 11 N–H and O–H groups in total. The van der Waals surface area contributed by atoms with E-state index in [1.165, 1.54) is 51.4 Å². The molecule has 3 saturated heterocycles. The standard InChI is InChI=1S/C95H126N14O29/c1-57(2)80(102-73(112)28-37-127-42-46-131-50-49-130-45-41-126-36-27-72(111)98-30-26-74(113)108-54-60-15-9-10-16-62(60)82-81(63-17-11-12-20-67(63)108)103-104-109(82)35-39-129-44-48-132-47-43-128-38-31-97-4)89(119)101-66(19-14-29-99-92(96)120)88(118)100-61-24-22-59(23-25-61)55-134-93(121)105(5)32-33-106(6)94(122)135-56-71(110)95(123)52-65-77(86(117)79-78(84(65)115)83(114)64-18-13-21-69(124-7)76(64)85(79)116)70(53-95)137-75-51-68-87(58(3)136-75)138-90-91(125-8)133-40-34-107(68)90/h9-13,15-18,20-25,57-58,66,68,70,75,80,87,90-91,97,115,117,123H,14,19,26-56H2,1-8H3,(H,98,111)(H,100,118)(H,101,119)(H,102,112)(H3,96,99,120)/t58-,66-,68-,70-,75?,80-,87+,90+,91-,95-/m0/s1. The van der Waals surface area contributed by atoms with Crippen molar-refractivity contribution in [1.82, 2.24) is 56.3 Å². The number of carbonyl (C=O) groups excluding carboxylic acids is 11. The molecule has 0 saturated carbocycles. The van der Waals surface area contributed by atoms with Gasteiger partial charge in [-0.3, -0.25) is 43.3 Å². The maximum atomic E-state index is 14.4. The number of amides is 9. The van der Waals surface area contributed by atoms with Crippen LogP contribution in [0.2, 0.25) is 0 Å². The number of anilines is 2. The number of nitrogens with one attached hydrogen (secondary N) is 6. The van der Waals surface area contributed by atoms with E-state index in [0.29, 0.717) is 82.0 Å². The molecule has 1 aromatic heterocycles. The number of aromatic nitrogens is 3. The van der Waals surface area contributed by atoms with E-state index in [1.807, 2.05) is 60.3 Å². The summed E-state index contributed by atoms with van der Waals surface area (Å²) >= 11 is 0. The number of fused-ring (bicyclic) bond motifs is 11. The Balaban J connectivity index is 0.518. The van der Waals surface area contributed by atoms with Crippen molar-refractivity contribution in [2.24, 2.45) is 11.7 Å². The van der Waals surface area contributed by atoms with Gasteiger partial charge < -0.3 is 139 Å². The number of methoxy groups -OCH3 is 2. The smallest absolute Gasteiger partial charge is 0.409 e. The predicted molar refractivity (Wildman–Crippen MR) is 493 cm³/mol. The lowest BCUT2D eigenvalue weighted by molar-refractivity contribution is -0.256. The number of urea groups is 1. The van der Waals surface area contributed by atoms with E-state index >= 15 is 0 Å². The predicted octanol–water partition coefficient (Wildman–Crippen LogP) is 4.16. The van der Waals surface area contributed by atoms with E-state index in [0.717, 1.165) is 33.8 Å². The van der Waals surface area contributed by atoms with Gasteiger partial charge in [0.25, 0.3) is 0 Å². The third-order valence-corrected chi connectivity index (χ3v) is 24.4. The SMILES string of the molecule is CNCCOCCOCCOCCn1nnc2c1-c1ccccc1CN(C(=O)CCNC(=O)CCOCCOCCOCCOCCC(=O)N[C@H](C(=O)N[C@@H](CCCNC(N)=O)C(=O)Nc1ccc(COC(=O)N(C)CCN(C)C(=O)OCC(=O)[C@]3(O)Cc4c(O)c5c(c(O)c4[C@@H](OC4C[C@H]6[C@H](O[C@@H]7[C@@H](OC)OCCN76)[C@H](C)O4)C3)C(=O)c3c(OC)cccc3C5=O)cc1)C(C)C)c1ccccc1-2. The van der Waals surface area contributed by atoms with Gasteiger partial charge in [0.2, 0.25) is 41.1 Å². The van der Waals surface area contributed by atoms with Crippen LogP contribution in [0.5, 0.6) is 17.2 Å². The Morgan fingerprint density at radius 3 is 1.96 bits per heavy atom. The number of nitrogens with zero attached hydrogens (tertiary/aromatic N) is 7. The summed E-state index contributed by atoms with van der Waals surface area (Å²) in [4.78, 5) is 155. The highest BCUT2D eigenvalue weighted by molar-refractivity contribution is 6.31. The average Bonchev–Trinajstić information content (AvgIpc) is 0.979. The van der Waals surface area contributed by atoms with Crippen molar-refractivity contribution in [2.75, 3.05) is 191 Å². The highest BCUT2D eigenvalue weighted by Crippen LogP contribution is 2.54. The molecule has 5 aromatic carbocycles. The van der Waals surface area contributed by atoms with Crippen LogP contribution in [0.15, 0.2) is 91.0 Å². The van der Waals surface area contributed by atoms with Crippen molar-refractivity contribution < 1.29 is 139 Å². The number of benzene rings is 5. The molecule has 1 unspecified atom stereocenters. The van der Waals surface area contributed by atoms with Gasteiger partial charge in [0.15, 0.2) is 31.2 Å². The summed E-state index contributed by atoms with van der Waals surface area (Å²) in [7, 11) is 7.44. The van der Waals surface area contributed by atoms with E-state index in [1.54, 1.807) is 49.9 Å². The summed E-state index contributed by atoms with van der Waals surface area (Å²) in [6, 6.07) is 22.7. The lowest BCUT2D eigenvalue weighted by Crippen LogP contribution is -2.55. The van der Waals surface area contributed by atoms with Crippen molar-refractivity contribution in [3.8, 4) is 39.8 Å². The van der Waals surface area contributed by atoms with Crippen molar-refractivity contribution in [3.63, 3.8) is 0 Å². The maximum absolute atomic E-state index is 14.4. The van der Waals surface area contributed by atoms with Gasteiger partial charge in [-0.15, -0.1) is 5.10 Å². The summed E-state index contributed by atoms with van der Waals surface area (Å²) in [5, 5.41) is 62.7. The second-order valence-corrected chi connectivity index (χ2v) is 34.2. The summed E-state index contributed by atoms with van der Waals surface area (Å²) in [6.07, 6.45) is -7.64. The number of primary amides is 1. The molecule has 0 bridgehead atoms. The quantitative estimate of drug-likeness (QED) is 0.0189. The van der Waals surface area contributed by atoms with E-state index in [-0.39, 0.29) is 177 Å². The monoisotopic (exact) mass is 1930 g/mol. The molecule has 10 atom stereocenters. The van der Waals surface area contributed by atoms with Gasteiger partial charge in [-0.1, -0.05) is 85.8 Å². The lowest BCUT2D eigenvalue weighted by atomic mass is 9.72. The molecule has 6 aromatic rings. The van der Waals surface area contributed by atoms with Gasteiger partial charge >= 0.3 is 18.2 Å². The van der Waals surface area contributed by atoms with Crippen molar-refractivity contribution >= 4 is 76.5 Å². The molecule has 0 radical (unpaired) electrons. The molecule has 43 nitrogen and oxygen atoms in total. The number of Topliss-reactive ketones (excluding diaryl/α,β-unsaturated/α-hetero) is 1. The first-order chi connectivity index (χ1) is 66.6. The molecule has 750 valence electrons. The summed E-state index contributed by atoms with van der Waals surface area (Å²) in [5.74, 6) is -6.85. The van der Waals surface area contributed by atoms with Crippen LogP contribution in [-0.2, 0) is 121 Å². The first kappa shape index (κ1) is 105. The van der Waals surface area contributed by atoms with Gasteiger partial charge in [-0.05, 0) is 68.1 Å². The number of nitrogens with two attached hydrogens (primary N) is 1. The molecular formula is C95H126N14O29. The summed E-state index contributed by atoms with van der Waals surface area (Å²) in [6.45, 7) is 10.6. The number of morpholine rings is 1. The zero-order valence-corrected chi connectivity index (χ0v) is 78.9. The van der Waals surface area contributed by atoms with Crippen LogP contribution in [0.1, 0.15) is 126 Å². The molecule has 12 rings (SSSR count). The first-order valence-corrected chi connectivity index (χ1v) is 46.3. The van der Waals surface area contributed by atoms with Crippen LogP contribution in [0.25, 0.3) is 22.5 Å². The molecular weight excluding hydrogens is 1800 g/mol. The minimum Gasteiger partial charge on any atom is -0.507 e. The highest BCUT2D eigenvalue weighted by Gasteiger charge is 2.56. The number of hydrogen-bond donors (Lipinski definition) is 10. The molecule has 5 heterocycles. The third kappa shape index (κ3) is 27.2. The second-order valence-electron chi connectivity index (χ2n) is 34.2. The molecule has 2 aliphatic carbocycles. The van der Waals surface area contributed by atoms with E-state index in [2.05, 4.69) is 47.1 Å². The number of carbonyl (C=O) groups is 11. The fourth-order valence-electron chi connectivity index (χ4n) is 17.1. The van der Waals surface area contributed by atoms with Crippen LogP contribution >= 0.6 is 0 Å². The van der Waals surface area contributed by atoms with Crippen LogP contribution < -0.4 is 47.3 Å². The number of aliphatic hydroxyl groups is 1. The van der Waals surface area contributed by atoms with Gasteiger partial charge in [-0.2, -0.15) is 0 Å². The van der Waals surface area contributed by atoms with Gasteiger partial charge in [-0.25, -0.2) is 19.1 Å². The van der Waals surface area contributed by atoms with E-state index in [4.69, 9.17) is 76.8 Å². The van der Waals surface area contributed by atoms with Gasteiger partial charge in [0.1, 0.15) is 53.3 Å². The first-order valence-electron chi connectivity index (χ1n) is 46.3. The number of phenolic OH excluding ortho intramolecular Hbond substituents is 2. The topological polar surface area (TPSA) is 529 Å². The number of hydrogen-bond acceptors (Lipinski definition) is 33. The zero-order chi connectivity index (χ0) is 98.5. The van der Waals surface area contributed by atoms with E-state index < -0.39 is 156 Å².